The lowest BCUT2D eigenvalue weighted by Gasteiger charge is -2.28. The second-order valence-corrected chi connectivity index (χ2v) is 3.77. The number of anilines is 1. The van der Waals surface area contributed by atoms with Gasteiger partial charge in [0.25, 0.3) is 0 Å². The summed E-state index contributed by atoms with van der Waals surface area (Å²) in [7, 11) is 0. The zero-order chi connectivity index (χ0) is 11.5. The highest BCUT2D eigenvalue weighted by atomic mass is 19.1. The predicted octanol–water partition coefficient (Wildman–Crippen LogP) is 2.13. The molecule has 1 aliphatic heterocycles. The minimum atomic E-state index is -0.320. The van der Waals surface area contributed by atoms with Crippen LogP contribution >= 0.6 is 0 Å². The number of carbonyl (C=O) groups excluding carboxylic acids is 1. The van der Waals surface area contributed by atoms with Crippen LogP contribution in [0.4, 0.5) is 10.1 Å². The van der Waals surface area contributed by atoms with Crippen molar-refractivity contribution in [2.45, 2.75) is 19.3 Å². The van der Waals surface area contributed by atoms with Crippen LogP contribution in [-0.4, -0.2) is 12.5 Å². The van der Waals surface area contributed by atoms with Gasteiger partial charge in [0.1, 0.15) is 5.82 Å². The monoisotopic (exact) mass is 217 g/mol. The van der Waals surface area contributed by atoms with Crippen molar-refractivity contribution < 1.29 is 9.18 Å². The van der Waals surface area contributed by atoms with E-state index in [9.17, 15) is 9.18 Å². The average molecular weight is 217 g/mol. The van der Waals surface area contributed by atoms with Crippen molar-refractivity contribution in [2.24, 2.45) is 0 Å². The van der Waals surface area contributed by atoms with Crippen LogP contribution in [0.15, 0.2) is 18.2 Å². The van der Waals surface area contributed by atoms with Gasteiger partial charge in [-0.05, 0) is 24.1 Å². The summed E-state index contributed by atoms with van der Waals surface area (Å²) in [6.07, 6.45) is 6.82. The molecule has 0 fully saturated rings. The first-order chi connectivity index (χ1) is 7.72. The van der Waals surface area contributed by atoms with Crippen LogP contribution in [-0.2, 0) is 11.2 Å². The summed E-state index contributed by atoms with van der Waals surface area (Å²) in [6.45, 7) is 0.464. The molecule has 82 valence electrons. The molecule has 1 aliphatic rings. The molecule has 16 heavy (non-hydrogen) atoms. The van der Waals surface area contributed by atoms with E-state index in [0.29, 0.717) is 31.5 Å². The number of halogens is 1. The molecule has 2 nitrogen and oxygen atoms in total. The van der Waals surface area contributed by atoms with Crippen molar-refractivity contribution in [3.05, 3.63) is 29.6 Å². The lowest BCUT2D eigenvalue weighted by atomic mass is 10.0. The number of hydrogen-bond acceptors (Lipinski definition) is 1. The van der Waals surface area contributed by atoms with Crippen molar-refractivity contribution >= 4 is 11.6 Å². The summed E-state index contributed by atoms with van der Waals surface area (Å²) >= 11 is 0. The highest BCUT2D eigenvalue weighted by Gasteiger charge is 2.23. The Labute approximate surface area is 94.1 Å². The molecule has 0 saturated heterocycles. The molecule has 0 aliphatic carbocycles. The number of carbonyl (C=O) groups is 1. The smallest absolute Gasteiger partial charge is 0.227 e. The molecule has 0 saturated carbocycles. The maximum absolute atomic E-state index is 13.1. The maximum atomic E-state index is 13.1. The van der Waals surface area contributed by atoms with Gasteiger partial charge in [-0.1, -0.05) is 6.07 Å². The Kier molecular flexibility index (Phi) is 2.91. The molecule has 3 heteroatoms. The van der Waals surface area contributed by atoms with Gasteiger partial charge in [0.05, 0.1) is 0 Å². The fraction of sp³-hybridized carbons (Fsp3) is 0.308. The van der Waals surface area contributed by atoms with E-state index in [4.69, 9.17) is 6.42 Å². The van der Waals surface area contributed by atoms with E-state index < -0.39 is 0 Å². The van der Waals surface area contributed by atoms with E-state index in [1.54, 1.807) is 11.0 Å². The van der Waals surface area contributed by atoms with E-state index >= 15 is 0 Å². The number of hydrogen-bond donors (Lipinski definition) is 0. The quantitative estimate of drug-likeness (QED) is 0.695. The normalized spacial score (nSPS) is 14.5. The van der Waals surface area contributed by atoms with Crippen molar-refractivity contribution in [1.82, 2.24) is 0 Å². The Hall–Kier alpha value is -1.82. The number of nitrogens with zero attached hydrogens (tertiary/aromatic N) is 1. The van der Waals surface area contributed by atoms with Crippen LogP contribution in [0.2, 0.25) is 0 Å². The molecule has 1 aromatic rings. The molecular weight excluding hydrogens is 205 g/mol. The SMILES string of the molecule is C#CCCN1C(=O)CCc2ccc(F)cc21. The molecule has 0 N–H and O–H groups in total. The van der Waals surface area contributed by atoms with Crippen molar-refractivity contribution in [3.63, 3.8) is 0 Å². The number of amides is 1. The van der Waals surface area contributed by atoms with Crippen LogP contribution < -0.4 is 4.90 Å². The largest absolute Gasteiger partial charge is 0.311 e. The van der Waals surface area contributed by atoms with Gasteiger partial charge < -0.3 is 4.90 Å². The van der Waals surface area contributed by atoms with Gasteiger partial charge >= 0.3 is 0 Å². The summed E-state index contributed by atoms with van der Waals surface area (Å²) in [5.41, 5.74) is 1.68. The van der Waals surface area contributed by atoms with Gasteiger partial charge in [0, 0.05) is 25.1 Å². The molecular formula is C13H12FNO. The zero-order valence-electron chi connectivity index (χ0n) is 8.87. The van der Waals surface area contributed by atoms with Crippen molar-refractivity contribution in [2.75, 3.05) is 11.4 Å². The van der Waals surface area contributed by atoms with E-state index in [1.807, 2.05) is 0 Å². The first-order valence-corrected chi connectivity index (χ1v) is 5.24. The third-order valence-corrected chi connectivity index (χ3v) is 2.73. The van der Waals surface area contributed by atoms with E-state index in [2.05, 4.69) is 5.92 Å². The minimum Gasteiger partial charge on any atom is -0.311 e. The molecule has 0 atom stereocenters. The summed E-state index contributed by atoms with van der Waals surface area (Å²) < 4.78 is 13.1. The second kappa shape index (κ2) is 4.36. The number of terminal acetylenes is 1. The first-order valence-electron chi connectivity index (χ1n) is 5.24. The third-order valence-electron chi connectivity index (χ3n) is 2.73. The molecule has 1 aromatic carbocycles. The Morgan fingerprint density at radius 2 is 2.25 bits per heavy atom. The topological polar surface area (TPSA) is 20.3 Å². The Bertz CT molecular complexity index is 461. The standard InChI is InChI=1S/C13H12FNO/c1-2-3-8-15-12-9-11(14)6-4-10(12)5-7-13(15)16/h1,4,6,9H,3,5,7-8H2. The first kappa shape index (κ1) is 10.7. The Balaban J connectivity index is 2.35. The molecule has 1 heterocycles. The van der Waals surface area contributed by atoms with Crippen molar-refractivity contribution in [3.8, 4) is 12.3 Å². The van der Waals surface area contributed by atoms with Crippen molar-refractivity contribution in [1.29, 1.82) is 0 Å². The van der Waals surface area contributed by atoms with E-state index in [-0.39, 0.29) is 11.7 Å². The molecule has 0 bridgehead atoms. The summed E-state index contributed by atoms with van der Waals surface area (Å²) in [5.74, 6) is 2.19. The summed E-state index contributed by atoms with van der Waals surface area (Å²) in [4.78, 5) is 13.3. The number of benzene rings is 1. The van der Waals surface area contributed by atoms with Gasteiger partial charge in [-0.25, -0.2) is 4.39 Å². The Morgan fingerprint density at radius 3 is 3.00 bits per heavy atom. The fourth-order valence-corrected chi connectivity index (χ4v) is 1.93. The van der Waals surface area contributed by atoms with Crippen LogP contribution in [0.1, 0.15) is 18.4 Å². The van der Waals surface area contributed by atoms with Crippen LogP contribution in [0.25, 0.3) is 0 Å². The molecule has 0 radical (unpaired) electrons. The second-order valence-electron chi connectivity index (χ2n) is 3.77. The maximum Gasteiger partial charge on any atom is 0.227 e. The molecule has 0 aromatic heterocycles. The van der Waals surface area contributed by atoms with E-state index in [1.165, 1.54) is 12.1 Å². The average Bonchev–Trinajstić information content (AvgIpc) is 2.28. The highest BCUT2D eigenvalue weighted by molar-refractivity contribution is 5.96. The van der Waals surface area contributed by atoms with E-state index in [0.717, 1.165) is 5.56 Å². The Morgan fingerprint density at radius 1 is 1.44 bits per heavy atom. The highest BCUT2D eigenvalue weighted by Crippen LogP contribution is 2.28. The van der Waals surface area contributed by atoms with Crippen LogP contribution in [0, 0.1) is 18.2 Å². The molecule has 0 unspecified atom stereocenters. The lowest BCUT2D eigenvalue weighted by molar-refractivity contribution is -0.118. The van der Waals surface area contributed by atoms with Gasteiger partial charge in [-0.15, -0.1) is 12.3 Å². The van der Waals surface area contributed by atoms with Gasteiger partial charge in [0.15, 0.2) is 0 Å². The zero-order valence-corrected chi connectivity index (χ0v) is 8.87. The lowest BCUT2D eigenvalue weighted by Crippen LogP contribution is -2.35. The van der Waals surface area contributed by atoms with Gasteiger partial charge in [0.2, 0.25) is 5.91 Å². The third kappa shape index (κ3) is 1.92. The number of aryl methyl sites for hydroxylation is 1. The van der Waals surface area contributed by atoms with Crippen LogP contribution in [0.3, 0.4) is 0 Å². The molecule has 0 spiro atoms. The van der Waals surface area contributed by atoms with Gasteiger partial charge in [-0.2, -0.15) is 0 Å². The summed E-state index contributed by atoms with van der Waals surface area (Å²) in [6, 6.07) is 4.57. The summed E-state index contributed by atoms with van der Waals surface area (Å²) in [5, 5.41) is 0. The number of fused-ring (bicyclic) bond motifs is 1. The molecule has 1 amide bonds. The predicted molar refractivity (Wildman–Crippen MR) is 60.5 cm³/mol. The van der Waals surface area contributed by atoms with Gasteiger partial charge in [-0.3, -0.25) is 4.79 Å². The number of rotatable bonds is 2. The molecule has 2 rings (SSSR count). The fourth-order valence-electron chi connectivity index (χ4n) is 1.93. The van der Waals surface area contributed by atoms with Crippen LogP contribution in [0.5, 0.6) is 0 Å². The minimum absolute atomic E-state index is 0.0216.